The predicted octanol–water partition coefficient (Wildman–Crippen LogP) is 3.83. The van der Waals surface area contributed by atoms with E-state index in [-0.39, 0.29) is 23.5 Å². The topological polar surface area (TPSA) is 102 Å². The van der Waals surface area contributed by atoms with Crippen molar-refractivity contribution in [3.8, 4) is 0 Å². The van der Waals surface area contributed by atoms with Gasteiger partial charge in [-0.05, 0) is 68.1 Å². The maximum absolute atomic E-state index is 13.2. The third-order valence-electron chi connectivity index (χ3n) is 5.19. The van der Waals surface area contributed by atoms with E-state index >= 15 is 0 Å². The summed E-state index contributed by atoms with van der Waals surface area (Å²) in [6.45, 7) is 7.07. The Morgan fingerprint density at radius 2 is 1.74 bits per heavy atom. The van der Waals surface area contributed by atoms with E-state index in [1.165, 1.54) is 29.2 Å². The zero-order valence-electron chi connectivity index (χ0n) is 17.8. The van der Waals surface area contributed by atoms with Crippen LogP contribution < -0.4 is 5.32 Å². The molecule has 1 heterocycles. The summed E-state index contributed by atoms with van der Waals surface area (Å²) < 4.78 is 5.32. The van der Waals surface area contributed by atoms with Gasteiger partial charge in [0.05, 0.1) is 10.5 Å². The van der Waals surface area contributed by atoms with Gasteiger partial charge in [-0.15, -0.1) is 0 Å². The molecule has 0 aromatic heterocycles. The average Bonchev–Trinajstić information content (AvgIpc) is 2.97. The summed E-state index contributed by atoms with van der Waals surface area (Å²) in [6, 6.07) is 11.3. The molecule has 0 saturated heterocycles. The molecule has 8 heteroatoms. The Balaban J connectivity index is 1.97. The van der Waals surface area contributed by atoms with E-state index in [0.717, 1.165) is 11.1 Å². The summed E-state index contributed by atoms with van der Waals surface area (Å²) in [5.41, 5.74) is 3.58. The Bertz CT molecular complexity index is 1040. The molecule has 162 valence electrons. The van der Waals surface area contributed by atoms with E-state index in [1.54, 1.807) is 0 Å². The highest BCUT2D eigenvalue weighted by molar-refractivity contribution is 6.36. The second-order valence-electron chi connectivity index (χ2n) is 7.29. The molecule has 0 saturated carbocycles. The molecule has 3 rings (SSSR count). The van der Waals surface area contributed by atoms with Gasteiger partial charge in [0.1, 0.15) is 5.70 Å². The number of non-ortho nitro benzene ring substituents is 1. The Morgan fingerprint density at radius 1 is 1.03 bits per heavy atom. The molecule has 0 spiro atoms. The van der Waals surface area contributed by atoms with Crippen molar-refractivity contribution in [2.45, 2.75) is 27.2 Å². The molecular formula is C23H25N3O5. The number of anilines is 1. The van der Waals surface area contributed by atoms with Crippen LogP contribution in [0, 0.1) is 24.0 Å². The molecule has 0 aliphatic carbocycles. The van der Waals surface area contributed by atoms with Crippen LogP contribution >= 0.6 is 0 Å². The normalized spacial score (nSPS) is 13.8. The van der Waals surface area contributed by atoms with Crippen LogP contribution in [0.15, 0.2) is 48.2 Å². The molecule has 2 aromatic carbocycles. The van der Waals surface area contributed by atoms with Crippen LogP contribution in [0.1, 0.15) is 30.0 Å². The summed E-state index contributed by atoms with van der Waals surface area (Å²) in [7, 11) is 0. The average molecular weight is 423 g/mol. The van der Waals surface area contributed by atoms with Crippen molar-refractivity contribution in [3.63, 3.8) is 0 Å². The van der Waals surface area contributed by atoms with E-state index in [9.17, 15) is 19.7 Å². The van der Waals surface area contributed by atoms with Crippen LogP contribution in [0.3, 0.4) is 0 Å². The minimum Gasteiger partial charge on any atom is -0.382 e. The fourth-order valence-corrected chi connectivity index (χ4v) is 3.35. The summed E-state index contributed by atoms with van der Waals surface area (Å²) >= 11 is 0. The number of hydrogen-bond donors (Lipinski definition) is 1. The van der Waals surface area contributed by atoms with Crippen LogP contribution in [-0.4, -0.2) is 41.4 Å². The van der Waals surface area contributed by atoms with Crippen molar-refractivity contribution < 1.29 is 19.2 Å². The summed E-state index contributed by atoms with van der Waals surface area (Å²) in [6.07, 6.45) is 0.524. The lowest BCUT2D eigenvalue weighted by atomic mass is 10.0. The standard InChI is InChI=1S/C23H25N3O5/c1-4-31-13-5-12-25-22(27)20(17-7-10-19(11-8-17)26(29)30)21(23(25)28)24-18-9-6-15(2)16(3)14-18/h6-11,14,24H,4-5,12-13H2,1-3H3. The number of nitro groups is 1. The maximum Gasteiger partial charge on any atom is 0.278 e. The molecule has 8 nitrogen and oxygen atoms in total. The highest BCUT2D eigenvalue weighted by Gasteiger charge is 2.39. The molecule has 0 bridgehead atoms. The fourth-order valence-electron chi connectivity index (χ4n) is 3.35. The first-order chi connectivity index (χ1) is 14.8. The number of ether oxygens (including phenoxy) is 1. The van der Waals surface area contributed by atoms with Gasteiger partial charge in [0.15, 0.2) is 0 Å². The highest BCUT2D eigenvalue weighted by atomic mass is 16.6. The van der Waals surface area contributed by atoms with E-state index in [4.69, 9.17) is 4.74 Å². The summed E-state index contributed by atoms with van der Waals surface area (Å²) in [4.78, 5) is 37.9. The van der Waals surface area contributed by atoms with E-state index in [0.29, 0.717) is 30.9 Å². The zero-order valence-corrected chi connectivity index (χ0v) is 17.8. The second kappa shape index (κ2) is 9.53. The van der Waals surface area contributed by atoms with Gasteiger partial charge in [0.25, 0.3) is 17.5 Å². The van der Waals surface area contributed by atoms with Crippen LogP contribution in [-0.2, 0) is 14.3 Å². The highest BCUT2D eigenvalue weighted by Crippen LogP contribution is 2.32. The van der Waals surface area contributed by atoms with Gasteiger partial charge < -0.3 is 10.1 Å². The zero-order chi connectivity index (χ0) is 22.5. The van der Waals surface area contributed by atoms with Gasteiger partial charge in [-0.1, -0.05) is 6.07 Å². The number of nitrogens with one attached hydrogen (secondary N) is 1. The molecule has 1 aliphatic rings. The van der Waals surface area contributed by atoms with Crippen molar-refractivity contribution in [2.75, 3.05) is 25.1 Å². The number of aryl methyl sites for hydroxylation is 2. The Labute approximate surface area is 180 Å². The first kappa shape index (κ1) is 22.2. The largest absolute Gasteiger partial charge is 0.382 e. The van der Waals surface area contributed by atoms with Crippen molar-refractivity contribution in [3.05, 3.63) is 75.0 Å². The van der Waals surface area contributed by atoms with E-state index in [2.05, 4.69) is 5.32 Å². The number of nitrogens with zero attached hydrogens (tertiary/aromatic N) is 2. The fraction of sp³-hybridized carbons (Fsp3) is 0.304. The van der Waals surface area contributed by atoms with E-state index < -0.39 is 16.7 Å². The van der Waals surface area contributed by atoms with Gasteiger partial charge in [0.2, 0.25) is 0 Å². The molecule has 0 atom stereocenters. The number of imide groups is 1. The molecule has 2 amide bonds. The van der Waals surface area contributed by atoms with Gasteiger partial charge in [-0.3, -0.25) is 24.6 Å². The van der Waals surface area contributed by atoms with Crippen molar-refractivity contribution >= 4 is 28.8 Å². The van der Waals surface area contributed by atoms with Crippen LogP contribution in [0.2, 0.25) is 0 Å². The van der Waals surface area contributed by atoms with Gasteiger partial charge in [-0.25, -0.2) is 0 Å². The molecular weight excluding hydrogens is 398 g/mol. The number of rotatable bonds is 9. The minimum atomic E-state index is -0.506. The van der Waals surface area contributed by atoms with Crippen LogP contribution in [0.4, 0.5) is 11.4 Å². The van der Waals surface area contributed by atoms with Crippen molar-refractivity contribution in [1.82, 2.24) is 4.90 Å². The first-order valence-corrected chi connectivity index (χ1v) is 10.1. The van der Waals surface area contributed by atoms with E-state index in [1.807, 2.05) is 39.0 Å². The lowest BCUT2D eigenvalue weighted by molar-refractivity contribution is -0.384. The van der Waals surface area contributed by atoms with Crippen LogP contribution in [0.5, 0.6) is 0 Å². The molecule has 1 aliphatic heterocycles. The molecule has 1 N–H and O–H groups in total. The second-order valence-corrected chi connectivity index (χ2v) is 7.29. The quantitative estimate of drug-likeness (QED) is 0.285. The number of carbonyl (C=O) groups excluding carboxylic acids is 2. The lowest BCUT2D eigenvalue weighted by Gasteiger charge is -2.15. The van der Waals surface area contributed by atoms with Gasteiger partial charge >= 0.3 is 0 Å². The first-order valence-electron chi connectivity index (χ1n) is 10.1. The summed E-state index contributed by atoms with van der Waals surface area (Å²) in [5.74, 6) is -0.852. The monoisotopic (exact) mass is 423 g/mol. The van der Waals surface area contributed by atoms with Gasteiger partial charge in [-0.2, -0.15) is 0 Å². The Kier molecular flexibility index (Phi) is 6.81. The molecule has 0 fully saturated rings. The summed E-state index contributed by atoms with van der Waals surface area (Å²) in [5, 5.41) is 14.1. The molecule has 31 heavy (non-hydrogen) atoms. The third kappa shape index (κ3) is 4.80. The van der Waals surface area contributed by atoms with Crippen molar-refractivity contribution in [1.29, 1.82) is 0 Å². The smallest absolute Gasteiger partial charge is 0.278 e. The Morgan fingerprint density at radius 3 is 2.35 bits per heavy atom. The number of benzene rings is 2. The van der Waals surface area contributed by atoms with Crippen molar-refractivity contribution in [2.24, 2.45) is 0 Å². The number of carbonyl (C=O) groups is 2. The number of amides is 2. The Hall–Kier alpha value is -3.52. The maximum atomic E-state index is 13.2. The molecule has 2 aromatic rings. The van der Waals surface area contributed by atoms with Gasteiger partial charge in [0, 0.05) is 37.6 Å². The number of hydrogen-bond acceptors (Lipinski definition) is 6. The predicted molar refractivity (Wildman–Crippen MR) is 117 cm³/mol. The minimum absolute atomic E-state index is 0.0849. The number of nitro benzene ring substituents is 1. The third-order valence-corrected chi connectivity index (χ3v) is 5.19. The van der Waals surface area contributed by atoms with Crippen LogP contribution in [0.25, 0.3) is 5.57 Å². The molecule has 0 radical (unpaired) electrons. The lowest BCUT2D eigenvalue weighted by Crippen LogP contribution is -2.34. The SMILES string of the molecule is CCOCCCN1C(=O)C(Nc2ccc(C)c(C)c2)=C(c2ccc([N+](=O)[O-])cc2)C1=O. The molecule has 0 unspecified atom stereocenters.